The predicted molar refractivity (Wildman–Crippen MR) is 219 cm³/mol. The van der Waals surface area contributed by atoms with Crippen LogP contribution in [0, 0.1) is 11.8 Å². The minimum absolute atomic E-state index is 0.0233. The summed E-state index contributed by atoms with van der Waals surface area (Å²) in [6, 6.07) is 11.9. The van der Waals surface area contributed by atoms with Gasteiger partial charge in [0.2, 0.25) is 0 Å². The number of H-pyrrole nitrogens is 1. The Hall–Kier alpha value is -4.60. The minimum Gasteiger partial charge on any atom is -0.478 e. The zero-order valence-corrected chi connectivity index (χ0v) is 32.5. The predicted octanol–water partition coefficient (Wildman–Crippen LogP) is 3.66. The van der Waals surface area contributed by atoms with Gasteiger partial charge in [0.25, 0.3) is 0 Å². The molecule has 14 nitrogen and oxygen atoms in total. The average Bonchev–Trinajstić information content (AvgIpc) is 3.72. The van der Waals surface area contributed by atoms with Gasteiger partial charge in [-0.3, -0.25) is 0 Å². The largest absolute Gasteiger partial charge is 0.478 e. The number of aliphatic hydroxyl groups is 4. The third kappa shape index (κ3) is 12.0. The Kier molecular flexibility index (Phi) is 16.2. The number of hydrogen-bond acceptors (Lipinski definition) is 11. The molecule has 1 aliphatic carbocycles. The number of carbonyl (C=O) groups excluding carboxylic acids is 2. The van der Waals surface area contributed by atoms with Crippen molar-refractivity contribution in [1.82, 2.24) is 10.3 Å². The first-order valence-corrected chi connectivity index (χ1v) is 20.2. The van der Waals surface area contributed by atoms with Crippen LogP contribution in [0.25, 0.3) is 16.1 Å². The number of aromatic nitrogens is 1. The number of aryl methyl sites for hydroxylation is 1. The average molecular weight is 788 g/mol. The van der Waals surface area contributed by atoms with Crippen molar-refractivity contribution in [2.45, 2.75) is 119 Å². The second-order valence-corrected chi connectivity index (χ2v) is 15.7. The maximum Gasteiger partial charge on any atom is 0.328 e. The first-order valence-electron chi connectivity index (χ1n) is 20.2. The van der Waals surface area contributed by atoms with Crippen molar-refractivity contribution < 1.29 is 39.9 Å². The number of nitrogens with two attached hydrogens (primary N) is 2. The Morgan fingerprint density at radius 1 is 1.04 bits per heavy atom. The Morgan fingerprint density at radius 3 is 2.56 bits per heavy atom. The normalized spacial score (nSPS) is 22.3. The van der Waals surface area contributed by atoms with Gasteiger partial charge < -0.3 is 62.2 Å². The SMILES string of the molecule is NC1=NC(C(=CC(=O)O)C(CC2CCc3cc4ccc(CC=O)cc4cc3C2CCCC(N)CCC(C=O)CCCO)[N-]c2ccc[nH]2)CC(C(O)C(O)CO)N1. The summed E-state index contributed by atoms with van der Waals surface area (Å²) < 4.78 is 0. The van der Waals surface area contributed by atoms with Crippen LogP contribution in [0.1, 0.15) is 86.8 Å². The number of nitrogens with one attached hydrogen (secondary N) is 2. The molecule has 3 aromatic rings. The van der Waals surface area contributed by atoms with E-state index in [0.29, 0.717) is 49.9 Å². The molecule has 0 fully saturated rings. The maximum atomic E-state index is 12.5. The highest BCUT2D eigenvalue weighted by Crippen LogP contribution is 2.46. The summed E-state index contributed by atoms with van der Waals surface area (Å²) in [5, 5.41) is 60.1. The van der Waals surface area contributed by atoms with Crippen molar-refractivity contribution in [1.29, 1.82) is 0 Å². The molecule has 0 amide bonds. The highest BCUT2D eigenvalue weighted by Gasteiger charge is 2.37. The van der Waals surface area contributed by atoms with Crippen LogP contribution >= 0.6 is 0 Å². The van der Waals surface area contributed by atoms with E-state index in [2.05, 4.69) is 39.6 Å². The first kappa shape index (κ1) is 43.5. The van der Waals surface area contributed by atoms with E-state index in [1.165, 1.54) is 11.1 Å². The van der Waals surface area contributed by atoms with Gasteiger partial charge >= 0.3 is 5.97 Å². The molecule has 0 spiro atoms. The first-order chi connectivity index (χ1) is 27.5. The van der Waals surface area contributed by atoms with Gasteiger partial charge in [-0.05, 0) is 115 Å². The van der Waals surface area contributed by atoms with Gasteiger partial charge in [0, 0.05) is 31.1 Å². The lowest BCUT2D eigenvalue weighted by atomic mass is 9.69. The molecule has 2 aliphatic rings. The van der Waals surface area contributed by atoms with Crippen molar-refractivity contribution in [2.75, 3.05) is 13.2 Å². The van der Waals surface area contributed by atoms with Crippen LogP contribution in [0.3, 0.4) is 0 Å². The van der Waals surface area contributed by atoms with Gasteiger partial charge in [-0.25, -0.2) is 9.79 Å². The second-order valence-electron chi connectivity index (χ2n) is 15.7. The van der Waals surface area contributed by atoms with E-state index >= 15 is 0 Å². The summed E-state index contributed by atoms with van der Waals surface area (Å²) in [6.45, 7) is -0.616. The van der Waals surface area contributed by atoms with Gasteiger partial charge in [-0.15, -0.1) is 0 Å². The fourth-order valence-electron chi connectivity index (χ4n) is 8.71. The van der Waals surface area contributed by atoms with Crippen LogP contribution in [-0.2, 0) is 27.2 Å². The van der Waals surface area contributed by atoms with Crippen LogP contribution in [0.4, 0.5) is 5.82 Å². The van der Waals surface area contributed by atoms with Crippen LogP contribution in [0.2, 0.25) is 0 Å². The van der Waals surface area contributed by atoms with E-state index < -0.39 is 42.9 Å². The quantitative estimate of drug-likeness (QED) is 0.0495. The molecule has 2 heterocycles. The molecule has 11 N–H and O–H groups in total. The molecule has 1 aromatic heterocycles. The Balaban J connectivity index is 1.47. The number of rotatable bonds is 23. The van der Waals surface area contributed by atoms with E-state index in [9.17, 15) is 39.9 Å². The van der Waals surface area contributed by atoms with Crippen LogP contribution in [0.15, 0.2) is 65.3 Å². The van der Waals surface area contributed by atoms with Crippen molar-refractivity contribution in [3.63, 3.8) is 0 Å². The summed E-state index contributed by atoms with van der Waals surface area (Å²) in [7, 11) is 0. The monoisotopic (exact) mass is 787 g/mol. The number of guanidine groups is 1. The number of carboxylic acids is 1. The molecule has 0 radical (unpaired) electrons. The summed E-state index contributed by atoms with van der Waals surface area (Å²) in [5.41, 5.74) is 16.6. The number of carboxylic acid groups (broad SMARTS) is 1. The van der Waals surface area contributed by atoms with Gasteiger partial charge in [-0.1, -0.05) is 60.9 Å². The highest BCUT2D eigenvalue weighted by molar-refractivity contribution is 5.86. The van der Waals surface area contributed by atoms with E-state index in [-0.39, 0.29) is 42.8 Å². The number of nitrogens with zero attached hydrogens (tertiary/aromatic N) is 2. The lowest BCUT2D eigenvalue weighted by Crippen LogP contribution is -2.56. The summed E-state index contributed by atoms with van der Waals surface area (Å²) in [5.74, 6) is -0.637. The van der Waals surface area contributed by atoms with E-state index in [4.69, 9.17) is 16.8 Å². The Bertz CT molecular complexity index is 1830. The maximum absolute atomic E-state index is 12.5. The van der Waals surface area contributed by atoms with Crippen molar-refractivity contribution in [2.24, 2.45) is 28.3 Å². The molecule has 0 saturated heterocycles. The number of aliphatic imine (C=N–C) groups is 1. The highest BCUT2D eigenvalue weighted by atomic mass is 16.4. The lowest BCUT2D eigenvalue weighted by molar-refractivity contribution is -0.131. The fraction of sp³-hybridized carbons (Fsp3) is 0.535. The third-order valence-electron chi connectivity index (χ3n) is 11.7. The number of hydrogen-bond donors (Lipinski definition) is 9. The fourth-order valence-corrected chi connectivity index (χ4v) is 8.71. The molecule has 9 atom stereocenters. The summed E-state index contributed by atoms with van der Waals surface area (Å²) >= 11 is 0. The number of benzene rings is 2. The Labute approximate surface area is 333 Å². The molecular formula is C43H59N6O8-. The van der Waals surface area contributed by atoms with E-state index in [1.807, 2.05) is 18.2 Å². The smallest absolute Gasteiger partial charge is 0.328 e. The number of fused-ring (bicyclic) bond motifs is 2. The number of aldehydes is 2. The second kappa shape index (κ2) is 21.2. The number of carbonyl (C=O) groups is 3. The van der Waals surface area contributed by atoms with Crippen molar-refractivity contribution in [3.8, 4) is 0 Å². The molecule has 9 unspecified atom stereocenters. The van der Waals surface area contributed by atoms with Crippen LogP contribution < -0.4 is 16.8 Å². The number of aromatic amines is 1. The topological polar surface area (TPSA) is 259 Å². The van der Waals surface area contributed by atoms with E-state index in [0.717, 1.165) is 67.1 Å². The van der Waals surface area contributed by atoms with Gasteiger partial charge in [0.15, 0.2) is 5.96 Å². The van der Waals surface area contributed by atoms with Crippen molar-refractivity contribution >= 4 is 41.1 Å². The molecule has 0 saturated carbocycles. The van der Waals surface area contributed by atoms with Gasteiger partial charge in [0.1, 0.15) is 24.8 Å². The van der Waals surface area contributed by atoms with Gasteiger partial charge in [-0.2, -0.15) is 0 Å². The zero-order valence-electron chi connectivity index (χ0n) is 32.5. The lowest BCUT2D eigenvalue weighted by Gasteiger charge is -2.41. The minimum atomic E-state index is -1.44. The molecular weight excluding hydrogens is 729 g/mol. The molecule has 57 heavy (non-hydrogen) atoms. The van der Waals surface area contributed by atoms with Crippen LogP contribution in [-0.4, -0.2) is 105 Å². The standard InChI is InChI=1S/C43H59N6O8/c44-32(13-9-27(24-52)4-3-16-50)5-1-6-33-30(12-11-29-19-28-10-8-26(14-17-51)18-31(28)20-34(29)33)21-36(47-40-7-2-15-46-40)35(22-41(55)56)37-23-38(49-43(45)48-37)42(57)39(54)25-53/h2,7-8,10,15,17-20,22,24,27,30,32-33,36-39,42,46,50,53-54,57H,1,3-6,9,11-14,16,21,23,25,44H2,(H,55,56)(H3,45,48,49)/q-1. The third-order valence-corrected chi connectivity index (χ3v) is 11.7. The molecule has 5 rings (SSSR count). The Morgan fingerprint density at radius 2 is 1.86 bits per heavy atom. The summed E-state index contributed by atoms with van der Waals surface area (Å²) in [4.78, 5) is 43.2. The summed E-state index contributed by atoms with van der Waals surface area (Å²) in [6.07, 6.45) is 9.44. The molecule has 2 aromatic carbocycles. The molecule has 0 bridgehead atoms. The van der Waals surface area contributed by atoms with Crippen LogP contribution in [0.5, 0.6) is 0 Å². The van der Waals surface area contributed by atoms with Crippen molar-refractivity contribution in [3.05, 3.63) is 82.3 Å². The van der Waals surface area contributed by atoms with Gasteiger partial charge in [0.05, 0.1) is 18.7 Å². The zero-order chi connectivity index (χ0) is 40.9. The molecule has 14 heteroatoms. The van der Waals surface area contributed by atoms with E-state index in [1.54, 1.807) is 6.20 Å². The molecule has 310 valence electrons. The number of aliphatic hydroxyl groups excluding tert-OH is 4. The molecule has 1 aliphatic heterocycles. The number of aliphatic carboxylic acids is 1.